The Morgan fingerprint density at radius 3 is 2.40 bits per heavy atom. The molecule has 0 radical (unpaired) electrons. The standard InChI is InChI=1S/C21H20ClNO6S/c1-10-6-17(24)14(8-16(10)22)18(25)13-7-15(19(26)28-4)21(20(27)29-5)23(9-13)11(2)12(3)30-21/h6-9,24H,1-5H3/t21-/m1/s1. The zero-order valence-electron chi connectivity index (χ0n) is 17.0. The highest BCUT2D eigenvalue weighted by Crippen LogP contribution is 2.53. The number of aryl methyl sites for hydroxylation is 1. The third-order valence-electron chi connectivity index (χ3n) is 5.10. The number of carbonyl (C=O) groups is 3. The van der Waals surface area contributed by atoms with Gasteiger partial charge in [-0.3, -0.25) is 4.79 Å². The molecule has 1 aromatic rings. The molecule has 9 heteroatoms. The Kier molecular flexibility index (Phi) is 5.75. The first kappa shape index (κ1) is 22.0. The SMILES string of the molecule is COC(=O)C1=CC(C(=O)c2cc(Cl)c(C)cc2O)=CN2C(C)=C(C)S[C@@]12C(=O)OC. The summed E-state index contributed by atoms with van der Waals surface area (Å²) in [6.07, 6.45) is 2.77. The summed E-state index contributed by atoms with van der Waals surface area (Å²) in [6.45, 7) is 5.28. The number of fused-ring (bicyclic) bond motifs is 1. The Balaban J connectivity index is 2.21. The minimum atomic E-state index is -1.53. The third kappa shape index (κ3) is 3.20. The topological polar surface area (TPSA) is 93.1 Å². The maximum Gasteiger partial charge on any atom is 0.348 e. The van der Waals surface area contributed by atoms with Gasteiger partial charge in [0, 0.05) is 27.4 Å². The maximum atomic E-state index is 13.2. The number of esters is 2. The first-order valence-electron chi connectivity index (χ1n) is 8.88. The molecule has 7 nitrogen and oxygen atoms in total. The van der Waals surface area contributed by atoms with Gasteiger partial charge in [-0.15, -0.1) is 0 Å². The van der Waals surface area contributed by atoms with Gasteiger partial charge in [-0.1, -0.05) is 23.4 Å². The van der Waals surface area contributed by atoms with Gasteiger partial charge in [0.05, 0.1) is 25.4 Å². The number of hydrogen-bond donors (Lipinski definition) is 1. The number of phenolic OH excluding ortho intramolecular Hbond substituents is 1. The van der Waals surface area contributed by atoms with Crippen molar-refractivity contribution in [1.29, 1.82) is 0 Å². The van der Waals surface area contributed by atoms with Crippen LogP contribution in [0.5, 0.6) is 5.75 Å². The monoisotopic (exact) mass is 449 g/mol. The Labute approximate surface area is 183 Å². The van der Waals surface area contributed by atoms with E-state index in [0.29, 0.717) is 16.3 Å². The van der Waals surface area contributed by atoms with Gasteiger partial charge in [0.25, 0.3) is 0 Å². The Morgan fingerprint density at radius 1 is 1.13 bits per heavy atom. The molecule has 0 amide bonds. The van der Waals surface area contributed by atoms with Crippen LogP contribution in [0.1, 0.15) is 29.8 Å². The van der Waals surface area contributed by atoms with Crippen LogP contribution in [0.4, 0.5) is 0 Å². The summed E-state index contributed by atoms with van der Waals surface area (Å²) in [7, 11) is 2.42. The van der Waals surface area contributed by atoms with Crippen LogP contribution in [0.2, 0.25) is 5.02 Å². The largest absolute Gasteiger partial charge is 0.507 e. The van der Waals surface area contributed by atoms with Crippen molar-refractivity contribution in [2.24, 2.45) is 0 Å². The van der Waals surface area contributed by atoms with Crippen LogP contribution < -0.4 is 0 Å². The van der Waals surface area contributed by atoms with Crippen LogP contribution >= 0.6 is 23.4 Å². The summed E-state index contributed by atoms with van der Waals surface area (Å²) in [4.78, 5) is 39.5. The Bertz CT molecular complexity index is 1070. The van der Waals surface area contributed by atoms with E-state index in [9.17, 15) is 19.5 Å². The van der Waals surface area contributed by atoms with E-state index < -0.39 is 22.6 Å². The Morgan fingerprint density at radius 2 is 1.80 bits per heavy atom. The van der Waals surface area contributed by atoms with E-state index in [1.54, 1.807) is 20.8 Å². The van der Waals surface area contributed by atoms with E-state index in [-0.39, 0.29) is 22.5 Å². The second-order valence-corrected chi connectivity index (χ2v) is 8.65. The molecule has 0 spiro atoms. The summed E-state index contributed by atoms with van der Waals surface area (Å²) in [6, 6.07) is 2.76. The number of ketones is 1. The minimum Gasteiger partial charge on any atom is -0.507 e. The molecule has 0 bridgehead atoms. The lowest BCUT2D eigenvalue weighted by Gasteiger charge is -2.38. The fraction of sp³-hybridized carbons (Fsp3) is 0.286. The van der Waals surface area contributed by atoms with Crippen molar-refractivity contribution in [3.8, 4) is 5.75 Å². The van der Waals surface area contributed by atoms with Crippen molar-refractivity contribution in [2.75, 3.05) is 14.2 Å². The molecule has 0 aromatic heterocycles. The fourth-order valence-electron chi connectivity index (χ4n) is 3.38. The molecule has 0 unspecified atom stereocenters. The molecule has 0 saturated heterocycles. The van der Waals surface area contributed by atoms with E-state index in [4.69, 9.17) is 21.1 Å². The van der Waals surface area contributed by atoms with Crippen molar-refractivity contribution >= 4 is 41.1 Å². The van der Waals surface area contributed by atoms with Crippen LogP contribution in [-0.4, -0.2) is 46.8 Å². The number of aromatic hydroxyl groups is 1. The van der Waals surface area contributed by atoms with Gasteiger partial charge in [0.1, 0.15) is 5.75 Å². The predicted octanol–water partition coefficient (Wildman–Crippen LogP) is 3.70. The van der Waals surface area contributed by atoms with Crippen molar-refractivity contribution in [3.05, 3.63) is 62.3 Å². The van der Waals surface area contributed by atoms with Gasteiger partial charge in [0.2, 0.25) is 4.87 Å². The molecule has 3 rings (SSSR count). The lowest BCUT2D eigenvalue weighted by atomic mass is 9.92. The van der Waals surface area contributed by atoms with E-state index in [1.165, 1.54) is 43.5 Å². The lowest BCUT2D eigenvalue weighted by molar-refractivity contribution is -0.149. The third-order valence-corrected chi connectivity index (χ3v) is 6.98. The first-order valence-corrected chi connectivity index (χ1v) is 10.1. The summed E-state index contributed by atoms with van der Waals surface area (Å²) in [5.74, 6) is -2.24. The quantitative estimate of drug-likeness (QED) is 0.549. The van der Waals surface area contributed by atoms with Gasteiger partial charge in [-0.05, 0) is 44.5 Å². The molecule has 1 aromatic carbocycles. The second-order valence-electron chi connectivity index (χ2n) is 6.83. The molecule has 2 aliphatic heterocycles. The van der Waals surface area contributed by atoms with Crippen molar-refractivity contribution in [2.45, 2.75) is 25.6 Å². The molecule has 2 aliphatic rings. The molecule has 2 heterocycles. The average Bonchev–Trinajstić information content (AvgIpc) is 2.99. The molecule has 0 fully saturated rings. The number of benzene rings is 1. The van der Waals surface area contributed by atoms with Crippen LogP contribution in [0.25, 0.3) is 0 Å². The van der Waals surface area contributed by atoms with E-state index in [0.717, 1.165) is 16.7 Å². The highest BCUT2D eigenvalue weighted by molar-refractivity contribution is 8.05. The van der Waals surface area contributed by atoms with E-state index in [2.05, 4.69) is 0 Å². The Hall–Kier alpha value is -2.71. The van der Waals surface area contributed by atoms with E-state index in [1.807, 2.05) is 0 Å². The highest BCUT2D eigenvalue weighted by Gasteiger charge is 2.58. The van der Waals surface area contributed by atoms with Gasteiger partial charge < -0.3 is 19.5 Å². The van der Waals surface area contributed by atoms with Crippen LogP contribution in [-0.2, 0) is 19.1 Å². The molecule has 30 heavy (non-hydrogen) atoms. The van der Waals surface area contributed by atoms with Crippen molar-refractivity contribution in [3.63, 3.8) is 0 Å². The summed E-state index contributed by atoms with van der Waals surface area (Å²) < 4.78 is 9.89. The van der Waals surface area contributed by atoms with Crippen molar-refractivity contribution in [1.82, 2.24) is 4.90 Å². The fourth-order valence-corrected chi connectivity index (χ4v) is 4.94. The van der Waals surface area contributed by atoms with Crippen molar-refractivity contribution < 1.29 is 29.0 Å². The molecule has 1 N–H and O–H groups in total. The number of Topliss-reactive ketones (excluding diaryl/α,β-unsaturated/α-hetero) is 1. The molecule has 0 aliphatic carbocycles. The van der Waals surface area contributed by atoms with Crippen LogP contribution in [0.15, 0.2) is 46.2 Å². The summed E-state index contributed by atoms with van der Waals surface area (Å²) >= 11 is 7.27. The number of methoxy groups -OCH3 is 2. The number of rotatable bonds is 4. The number of carbonyl (C=O) groups excluding carboxylic acids is 3. The van der Waals surface area contributed by atoms with Gasteiger partial charge >= 0.3 is 11.9 Å². The number of allylic oxidation sites excluding steroid dienone is 4. The molecule has 1 atom stereocenters. The number of ether oxygens (including phenoxy) is 2. The second kappa shape index (κ2) is 7.85. The average molecular weight is 450 g/mol. The zero-order chi connectivity index (χ0) is 22.4. The first-order chi connectivity index (χ1) is 14.1. The normalized spacial score (nSPS) is 20.4. The molecule has 158 valence electrons. The number of halogens is 1. The molecule has 0 saturated carbocycles. The lowest BCUT2D eigenvalue weighted by Crippen LogP contribution is -2.52. The predicted molar refractivity (Wildman–Crippen MR) is 113 cm³/mol. The van der Waals surface area contributed by atoms with E-state index >= 15 is 0 Å². The summed E-state index contributed by atoms with van der Waals surface area (Å²) in [5.41, 5.74) is 1.30. The zero-order valence-corrected chi connectivity index (χ0v) is 18.6. The summed E-state index contributed by atoms with van der Waals surface area (Å²) in [5, 5.41) is 10.6. The highest BCUT2D eigenvalue weighted by atomic mass is 35.5. The maximum absolute atomic E-state index is 13.2. The van der Waals surface area contributed by atoms with Gasteiger partial charge in [0.15, 0.2) is 5.78 Å². The number of thioether (sulfide) groups is 1. The smallest absolute Gasteiger partial charge is 0.348 e. The van der Waals surface area contributed by atoms with Gasteiger partial charge in [-0.2, -0.15) is 0 Å². The number of nitrogens with zero attached hydrogens (tertiary/aromatic N) is 1. The van der Waals surface area contributed by atoms with Gasteiger partial charge in [-0.25, -0.2) is 9.59 Å². The molecular weight excluding hydrogens is 430 g/mol. The molecular formula is C21H20ClNO6S. The number of phenols is 1. The van der Waals surface area contributed by atoms with Crippen LogP contribution in [0.3, 0.4) is 0 Å². The minimum absolute atomic E-state index is 0.0203. The number of hydrogen-bond acceptors (Lipinski definition) is 8. The van der Waals surface area contributed by atoms with Crippen LogP contribution in [0, 0.1) is 6.92 Å².